The zero-order valence-electron chi connectivity index (χ0n) is 12.2. The average molecular weight is 319 g/mol. The number of aliphatic hydroxyl groups is 1. The maximum Gasteiger partial charge on any atom is 0.153 e. The SMILES string of the molecule is Nc1ncnc(N2CCC[C@@H]2C[C@H](O)c2ccccc2)c1Cl. The first-order chi connectivity index (χ1) is 10.7. The number of halogens is 1. The molecule has 5 nitrogen and oxygen atoms in total. The van der Waals surface area contributed by atoms with Crippen LogP contribution in [0.2, 0.25) is 5.02 Å². The van der Waals surface area contributed by atoms with Crippen LogP contribution in [-0.2, 0) is 0 Å². The van der Waals surface area contributed by atoms with Gasteiger partial charge in [-0.1, -0.05) is 41.9 Å². The van der Waals surface area contributed by atoms with Gasteiger partial charge in [-0.3, -0.25) is 0 Å². The molecule has 0 amide bonds. The van der Waals surface area contributed by atoms with E-state index in [9.17, 15) is 5.11 Å². The summed E-state index contributed by atoms with van der Waals surface area (Å²) in [7, 11) is 0. The van der Waals surface area contributed by atoms with E-state index >= 15 is 0 Å². The Kier molecular flexibility index (Phi) is 4.45. The molecule has 0 aliphatic carbocycles. The third-order valence-corrected chi connectivity index (χ3v) is 4.49. The summed E-state index contributed by atoms with van der Waals surface area (Å²) in [4.78, 5) is 10.3. The van der Waals surface area contributed by atoms with Crippen molar-refractivity contribution < 1.29 is 5.11 Å². The number of aliphatic hydroxyl groups excluding tert-OH is 1. The van der Waals surface area contributed by atoms with Gasteiger partial charge < -0.3 is 15.7 Å². The van der Waals surface area contributed by atoms with Crippen molar-refractivity contribution in [2.24, 2.45) is 0 Å². The van der Waals surface area contributed by atoms with E-state index in [1.807, 2.05) is 30.3 Å². The lowest BCUT2D eigenvalue weighted by molar-refractivity contribution is 0.158. The molecule has 2 atom stereocenters. The molecule has 0 bridgehead atoms. The number of benzene rings is 1. The Bertz CT molecular complexity index is 637. The van der Waals surface area contributed by atoms with Gasteiger partial charge >= 0.3 is 0 Å². The fourth-order valence-electron chi connectivity index (χ4n) is 3.00. The summed E-state index contributed by atoms with van der Waals surface area (Å²) in [5.74, 6) is 0.956. The van der Waals surface area contributed by atoms with Gasteiger partial charge in [0.1, 0.15) is 17.2 Å². The third-order valence-electron chi connectivity index (χ3n) is 4.13. The van der Waals surface area contributed by atoms with Crippen LogP contribution in [-0.4, -0.2) is 27.7 Å². The molecule has 2 heterocycles. The largest absolute Gasteiger partial charge is 0.388 e. The van der Waals surface area contributed by atoms with Gasteiger partial charge in [-0.05, 0) is 24.8 Å². The Morgan fingerprint density at radius 3 is 2.86 bits per heavy atom. The number of nitrogens with zero attached hydrogens (tertiary/aromatic N) is 3. The normalized spacial score (nSPS) is 19.4. The summed E-state index contributed by atoms with van der Waals surface area (Å²) in [6.45, 7) is 0.863. The lowest BCUT2D eigenvalue weighted by Crippen LogP contribution is -2.32. The monoisotopic (exact) mass is 318 g/mol. The molecule has 2 aromatic rings. The smallest absolute Gasteiger partial charge is 0.153 e. The summed E-state index contributed by atoms with van der Waals surface area (Å²) >= 11 is 6.24. The Balaban J connectivity index is 1.77. The average Bonchev–Trinajstić information content (AvgIpc) is 2.99. The first-order valence-electron chi connectivity index (χ1n) is 7.42. The number of nitrogen functional groups attached to an aromatic ring is 1. The highest BCUT2D eigenvalue weighted by atomic mass is 35.5. The van der Waals surface area contributed by atoms with E-state index in [1.54, 1.807) is 0 Å². The summed E-state index contributed by atoms with van der Waals surface area (Å²) in [5, 5.41) is 10.8. The predicted molar refractivity (Wildman–Crippen MR) is 87.8 cm³/mol. The third kappa shape index (κ3) is 3.00. The predicted octanol–water partition coefficient (Wildman–Crippen LogP) is 2.80. The van der Waals surface area contributed by atoms with Crippen molar-refractivity contribution >= 4 is 23.2 Å². The zero-order valence-corrected chi connectivity index (χ0v) is 12.9. The lowest BCUT2D eigenvalue weighted by Gasteiger charge is -2.28. The maximum atomic E-state index is 10.5. The summed E-state index contributed by atoms with van der Waals surface area (Å²) in [5.41, 5.74) is 6.70. The number of anilines is 2. The first kappa shape index (κ1) is 15.1. The maximum absolute atomic E-state index is 10.5. The second-order valence-electron chi connectivity index (χ2n) is 5.55. The minimum atomic E-state index is -0.496. The van der Waals surface area contributed by atoms with Gasteiger partial charge in [0.25, 0.3) is 0 Å². The van der Waals surface area contributed by atoms with Crippen LogP contribution in [0.1, 0.15) is 30.9 Å². The number of rotatable bonds is 4. The lowest BCUT2D eigenvalue weighted by atomic mass is 10.0. The van der Waals surface area contributed by atoms with Crippen LogP contribution in [0.25, 0.3) is 0 Å². The van der Waals surface area contributed by atoms with Crippen molar-refractivity contribution in [1.82, 2.24) is 9.97 Å². The van der Waals surface area contributed by atoms with Gasteiger partial charge in [0.15, 0.2) is 5.82 Å². The van der Waals surface area contributed by atoms with Crippen LogP contribution in [0.3, 0.4) is 0 Å². The molecular formula is C16H19ClN4O. The molecule has 0 saturated carbocycles. The van der Waals surface area contributed by atoms with Crippen LogP contribution in [0, 0.1) is 0 Å². The van der Waals surface area contributed by atoms with Gasteiger partial charge in [-0.15, -0.1) is 0 Å². The van der Waals surface area contributed by atoms with E-state index in [-0.39, 0.29) is 6.04 Å². The molecule has 0 spiro atoms. The molecule has 1 fully saturated rings. The van der Waals surface area contributed by atoms with Crippen LogP contribution >= 0.6 is 11.6 Å². The van der Waals surface area contributed by atoms with E-state index < -0.39 is 6.10 Å². The minimum Gasteiger partial charge on any atom is -0.388 e. The molecule has 0 radical (unpaired) electrons. The molecule has 1 aliphatic rings. The molecule has 1 aliphatic heterocycles. The molecule has 3 N–H and O–H groups in total. The molecular weight excluding hydrogens is 300 g/mol. The minimum absolute atomic E-state index is 0.196. The van der Waals surface area contributed by atoms with Crippen LogP contribution in [0.15, 0.2) is 36.7 Å². The van der Waals surface area contributed by atoms with Crippen molar-refractivity contribution in [2.75, 3.05) is 17.2 Å². The fraction of sp³-hybridized carbons (Fsp3) is 0.375. The first-order valence-corrected chi connectivity index (χ1v) is 7.80. The van der Waals surface area contributed by atoms with Crippen LogP contribution < -0.4 is 10.6 Å². The summed E-state index contributed by atoms with van der Waals surface area (Å²) in [6.07, 6.45) is 3.63. The Morgan fingerprint density at radius 2 is 2.09 bits per heavy atom. The van der Waals surface area contributed by atoms with Crippen molar-refractivity contribution in [1.29, 1.82) is 0 Å². The molecule has 6 heteroatoms. The van der Waals surface area contributed by atoms with Crippen molar-refractivity contribution in [3.8, 4) is 0 Å². The molecule has 0 unspecified atom stereocenters. The molecule has 1 aromatic heterocycles. The van der Waals surface area contributed by atoms with Crippen LogP contribution in [0.4, 0.5) is 11.6 Å². The van der Waals surface area contributed by atoms with Gasteiger partial charge in [-0.2, -0.15) is 0 Å². The Morgan fingerprint density at radius 1 is 1.32 bits per heavy atom. The second kappa shape index (κ2) is 6.50. The van der Waals surface area contributed by atoms with Crippen LogP contribution in [0.5, 0.6) is 0 Å². The molecule has 3 rings (SSSR count). The van der Waals surface area contributed by atoms with Crippen molar-refractivity contribution in [2.45, 2.75) is 31.4 Å². The summed E-state index contributed by atoms with van der Waals surface area (Å²) in [6, 6.07) is 9.91. The fourth-order valence-corrected chi connectivity index (χ4v) is 3.21. The van der Waals surface area contributed by atoms with E-state index in [0.717, 1.165) is 24.9 Å². The Labute approximate surface area is 134 Å². The highest BCUT2D eigenvalue weighted by Crippen LogP contribution is 2.35. The molecule has 1 saturated heterocycles. The molecule has 116 valence electrons. The molecule has 22 heavy (non-hydrogen) atoms. The van der Waals surface area contributed by atoms with Gasteiger partial charge in [0.2, 0.25) is 0 Å². The number of hydrogen-bond acceptors (Lipinski definition) is 5. The summed E-state index contributed by atoms with van der Waals surface area (Å²) < 4.78 is 0. The Hall–Kier alpha value is -1.85. The van der Waals surface area contributed by atoms with Crippen molar-refractivity contribution in [3.63, 3.8) is 0 Å². The topological polar surface area (TPSA) is 75.3 Å². The number of nitrogens with two attached hydrogens (primary N) is 1. The van der Waals surface area contributed by atoms with E-state index in [4.69, 9.17) is 17.3 Å². The van der Waals surface area contributed by atoms with E-state index in [0.29, 0.717) is 23.1 Å². The quantitative estimate of drug-likeness (QED) is 0.906. The van der Waals surface area contributed by atoms with E-state index in [2.05, 4.69) is 14.9 Å². The highest BCUT2D eigenvalue weighted by molar-refractivity contribution is 6.35. The van der Waals surface area contributed by atoms with Gasteiger partial charge in [0, 0.05) is 12.6 Å². The van der Waals surface area contributed by atoms with Gasteiger partial charge in [0.05, 0.1) is 6.10 Å². The number of hydrogen-bond donors (Lipinski definition) is 2. The standard InChI is InChI=1S/C16H19ClN4O/c17-14-15(18)19-10-20-16(14)21-8-4-7-12(21)9-13(22)11-5-2-1-3-6-11/h1-3,5-6,10,12-13,22H,4,7-9H2,(H2,18,19,20)/t12-,13+/m1/s1. The van der Waals surface area contributed by atoms with Gasteiger partial charge in [-0.25, -0.2) is 9.97 Å². The van der Waals surface area contributed by atoms with E-state index in [1.165, 1.54) is 6.33 Å². The molecule has 1 aromatic carbocycles. The van der Waals surface area contributed by atoms with Crippen molar-refractivity contribution in [3.05, 3.63) is 47.2 Å². The highest BCUT2D eigenvalue weighted by Gasteiger charge is 2.30. The second-order valence-corrected chi connectivity index (χ2v) is 5.93. The zero-order chi connectivity index (χ0) is 15.5. The number of aromatic nitrogens is 2.